The summed E-state index contributed by atoms with van der Waals surface area (Å²) in [6.07, 6.45) is 9.97. The molecule has 1 amide bonds. The van der Waals surface area contributed by atoms with Crippen molar-refractivity contribution in [3.63, 3.8) is 0 Å². The van der Waals surface area contributed by atoms with Crippen molar-refractivity contribution in [3.05, 3.63) is 0 Å². The molecule has 1 aliphatic heterocycles. The van der Waals surface area contributed by atoms with Crippen LogP contribution in [0.15, 0.2) is 0 Å². The molecule has 2 aliphatic rings. The number of carbonyl (C=O) groups is 1. The average Bonchev–Trinajstić information content (AvgIpc) is 3.13. The van der Waals surface area contributed by atoms with E-state index < -0.39 is 0 Å². The van der Waals surface area contributed by atoms with Crippen molar-refractivity contribution in [3.8, 4) is 12.3 Å². The maximum atomic E-state index is 12.2. The van der Waals surface area contributed by atoms with E-state index in [9.17, 15) is 4.79 Å². The summed E-state index contributed by atoms with van der Waals surface area (Å²) in [6, 6.07) is 0. The van der Waals surface area contributed by atoms with E-state index in [4.69, 9.17) is 6.42 Å². The van der Waals surface area contributed by atoms with Gasteiger partial charge in [0.25, 0.3) is 0 Å². The number of carbonyl (C=O) groups excluding carboxylic acids is 1. The third-order valence-electron chi connectivity index (χ3n) is 3.42. The van der Waals surface area contributed by atoms with Gasteiger partial charge in [-0.05, 0) is 38.1 Å². The lowest BCUT2D eigenvalue weighted by Crippen LogP contribution is -2.44. The molecule has 0 aromatic rings. The molecule has 1 heterocycles. The highest BCUT2D eigenvalue weighted by molar-refractivity contribution is 5.79. The smallest absolute Gasteiger partial charge is 0.227 e. The molecule has 1 saturated heterocycles. The highest BCUT2D eigenvalue weighted by Gasteiger charge is 2.30. The van der Waals surface area contributed by atoms with Crippen molar-refractivity contribution in [2.75, 3.05) is 26.2 Å². The standard InChI is InChI=1S/C13H20N2O/c1-2-8-15(10-11-5-6-11)13(16)12-4-3-7-14-9-12/h1,11-12,14H,3-10H2. The number of hydrogen-bond donors (Lipinski definition) is 1. The van der Waals surface area contributed by atoms with Gasteiger partial charge in [0, 0.05) is 13.1 Å². The van der Waals surface area contributed by atoms with Crippen LogP contribution in [0.3, 0.4) is 0 Å². The summed E-state index contributed by atoms with van der Waals surface area (Å²) in [4.78, 5) is 14.1. The number of nitrogens with zero attached hydrogens (tertiary/aromatic N) is 1. The van der Waals surface area contributed by atoms with Crippen LogP contribution in [0.5, 0.6) is 0 Å². The molecule has 1 aliphatic carbocycles. The molecule has 1 saturated carbocycles. The van der Waals surface area contributed by atoms with E-state index in [1.807, 2.05) is 4.90 Å². The summed E-state index contributed by atoms with van der Waals surface area (Å²) in [6.45, 7) is 3.22. The Hall–Kier alpha value is -1.01. The molecular formula is C13H20N2O. The molecule has 0 spiro atoms. The molecule has 16 heavy (non-hydrogen) atoms. The Morgan fingerprint density at radius 3 is 2.81 bits per heavy atom. The van der Waals surface area contributed by atoms with Crippen LogP contribution in [0, 0.1) is 24.2 Å². The highest BCUT2D eigenvalue weighted by Crippen LogP contribution is 2.30. The van der Waals surface area contributed by atoms with Gasteiger partial charge < -0.3 is 10.2 Å². The predicted octanol–water partition coefficient (Wildman–Crippen LogP) is 0.858. The molecular weight excluding hydrogens is 200 g/mol. The molecule has 2 fully saturated rings. The monoisotopic (exact) mass is 220 g/mol. The first-order chi connectivity index (χ1) is 7.81. The van der Waals surface area contributed by atoms with Crippen LogP contribution in [0.1, 0.15) is 25.7 Å². The highest BCUT2D eigenvalue weighted by atomic mass is 16.2. The van der Waals surface area contributed by atoms with Crippen molar-refractivity contribution in [1.29, 1.82) is 0 Å². The largest absolute Gasteiger partial charge is 0.331 e. The van der Waals surface area contributed by atoms with E-state index in [0.717, 1.165) is 32.5 Å². The van der Waals surface area contributed by atoms with Gasteiger partial charge in [-0.2, -0.15) is 0 Å². The van der Waals surface area contributed by atoms with Crippen molar-refractivity contribution in [2.45, 2.75) is 25.7 Å². The van der Waals surface area contributed by atoms with E-state index in [1.165, 1.54) is 12.8 Å². The minimum atomic E-state index is 0.154. The van der Waals surface area contributed by atoms with Crippen LogP contribution < -0.4 is 5.32 Å². The molecule has 1 atom stereocenters. The van der Waals surface area contributed by atoms with Crippen LogP contribution in [-0.2, 0) is 4.79 Å². The number of hydrogen-bond acceptors (Lipinski definition) is 2. The molecule has 0 aromatic carbocycles. The van der Waals surface area contributed by atoms with Gasteiger partial charge in [-0.3, -0.25) is 4.79 Å². The summed E-state index contributed by atoms with van der Waals surface area (Å²) < 4.78 is 0. The Morgan fingerprint density at radius 2 is 2.25 bits per heavy atom. The predicted molar refractivity (Wildman–Crippen MR) is 63.7 cm³/mol. The number of terminal acetylenes is 1. The Morgan fingerprint density at radius 1 is 1.44 bits per heavy atom. The van der Waals surface area contributed by atoms with Crippen molar-refractivity contribution >= 4 is 5.91 Å². The molecule has 3 heteroatoms. The topological polar surface area (TPSA) is 32.3 Å². The lowest BCUT2D eigenvalue weighted by Gasteiger charge is -2.28. The lowest BCUT2D eigenvalue weighted by atomic mass is 9.98. The number of rotatable bonds is 4. The van der Waals surface area contributed by atoms with E-state index in [0.29, 0.717) is 12.5 Å². The van der Waals surface area contributed by atoms with Crippen LogP contribution in [0.4, 0.5) is 0 Å². The fourth-order valence-corrected chi connectivity index (χ4v) is 2.28. The van der Waals surface area contributed by atoms with Crippen molar-refractivity contribution in [2.24, 2.45) is 11.8 Å². The molecule has 2 rings (SSSR count). The fraction of sp³-hybridized carbons (Fsp3) is 0.769. The van der Waals surface area contributed by atoms with Gasteiger partial charge in [0.2, 0.25) is 5.91 Å². The molecule has 1 unspecified atom stereocenters. The first kappa shape index (κ1) is 11.5. The zero-order valence-corrected chi connectivity index (χ0v) is 9.74. The first-order valence-electron chi connectivity index (χ1n) is 6.24. The Labute approximate surface area is 97.6 Å². The second kappa shape index (κ2) is 5.36. The third-order valence-corrected chi connectivity index (χ3v) is 3.42. The average molecular weight is 220 g/mol. The van der Waals surface area contributed by atoms with Gasteiger partial charge in [-0.25, -0.2) is 0 Å². The third kappa shape index (κ3) is 2.99. The van der Waals surface area contributed by atoms with Gasteiger partial charge in [0.1, 0.15) is 0 Å². The SMILES string of the molecule is C#CCN(CC1CC1)C(=O)C1CCCNC1. The summed E-state index contributed by atoms with van der Waals surface area (Å²) in [5.41, 5.74) is 0. The second-order valence-electron chi connectivity index (χ2n) is 4.91. The van der Waals surface area contributed by atoms with Gasteiger partial charge in [0.15, 0.2) is 0 Å². The Balaban J connectivity index is 1.89. The molecule has 88 valence electrons. The van der Waals surface area contributed by atoms with Crippen LogP contribution in [-0.4, -0.2) is 37.0 Å². The van der Waals surface area contributed by atoms with E-state index in [1.54, 1.807) is 0 Å². The number of amides is 1. The van der Waals surface area contributed by atoms with E-state index >= 15 is 0 Å². The summed E-state index contributed by atoms with van der Waals surface area (Å²) >= 11 is 0. The van der Waals surface area contributed by atoms with E-state index in [-0.39, 0.29) is 11.8 Å². The zero-order valence-electron chi connectivity index (χ0n) is 9.74. The van der Waals surface area contributed by atoms with Gasteiger partial charge in [-0.1, -0.05) is 5.92 Å². The minimum Gasteiger partial charge on any atom is -0.331 e. The number of nitrogens with one attached hydrogen (secondary N) is 1. The summed E-state index contributed by atoms with van der Waals surface area (Å²) in [5, 5.41) is 3.28. The van der Waals surface area contributed by atoms with Gasteiger partial charge in [0.05, 0.1) is 12.5 Å². The second-order valence-corrected chi connectivity index (χ2v) is 4.91. The summed E-state index contributed by atoms with van der Waals surface area (Å²) in [5.74, 6) is 3.74. The van der Waals surface area contributed by atoms with Gasteiger partial charge in [-0.15, -0.1) is 6.42 Å². The first-order valence-corrected chi connectivity index (χ1v) is 6.24. The van der Waals surface area contributed by atoms with Crippen molar-refractivity contribution in [1.82, 2.24) is 10.2 Å². The summed E-state index contributed by atoms with van der Waals surface area (Å²) in [7, 11) is 0. The minimum absolute atomic E-state index is 0.154. The molecule has 3 nitrogen and oxygen atoms in total. The number of piperidine rings is 1. The van der Waals surface area contributed by atoms with Gasteiger partial charge >= 0.3 is 0 Å². The quantitative estimate of drug-likeness (QED) is 0.713. The molecule has 0 aromatic heterocycles. The lowest BCUT2D eigenvalue weighted by molar-refractivity contribution is -0.135. The molecule has 1 N–H and O–H groups in total. The normalized spacial score (nSPS) is 24.8. The molecule has 0 radical (unpaired) electrons. The fourth-order valence-electron chi connectivity index (χ4n) is 2.28. The van der Waals surface area contributed by atoms with Crippen LogP contribution in [0.25, 0.3) is 0 Å². The van der Waals surface area contributed by atoms with Crippen molar-refractivity contribution < 1.29 is 4.79 Å². The zero-order chi connectivity index (χ0) is 11.4. The Kier molecular flexibility index (Phi) is 3.84. The maximum absolute atomic E-state index is 12.2. The maximum Gasteiger partial charge on any atom is 0.227 e. The van der Waals surface area contributed by atoms with E-state index in [2.05, 4.69) is 11.2 Å². The Bertz CT molecular complexity index is 285. The molecule has 0 bridgehead atoms. The van der Waals surface area contributed by atoms with Crippen LogP contribution in [0.2, 0.25) is 0 Å². The van der Waals surface area contributed by atoms with Crippen LogP contribution >= 0.6 is 0 Å².